The van der Waals surface area contributed by atoms with E-state index in [-0.39, 0.29) is 11.6 Å². The number of anilines is 1. The topological polar surface area (TPSA) is 32.3 Å². The van der Waals surface area contributed by atoms with Crippen LogP contribution in [0.5, 0.6) is 5.75 Å². The minimum atomic E-state index is -0.261. The van der Waals surface area contributed by atoms with E-state index in [9.17, 15) is 9.50 Å². The number of halogens is 2. The molecule has 2 aromatic rings. The molecular formula is C14H13ClFNO. The lowest BCUT2D eigenvalue weighted by molar-refractivity contribution is 0.469. The van der Waals surface area contributed by atoms with Crippen molar-refractivity contribution in [3.63, 3.8) is 0 Å². The molecule has 0 aliphatic rings. The second kappa shape index (κ2) is 5.27. The van der Waals surface area contributed by atoms with Gasteiger partial charge in [-0.2, -0.15) is 0 Å². The summed E-state index contributed by atoms with van der Waals surface area (Å²) in [5.74, 6) is -0.132. The lowest BCUT2D eigenvalue weighted by atomic mass is 10.1. The van der Waals surface area contributed by atoms with E-state index in [1.54, 1.807) is 37.3 Å². The van der Waals surface area contributed by atoms with Crippen LogP contribution >= 0.6 is 11.6 Å². The van der Waals surface area contributed by atoms with Crippen molar-refractivity contribution in [1.29, 1.82) is 0 Å². The highest BCUT2D eigenvalue weighted by Crippen LogP contribution is 2.27. The average Bonchev–Trinajstić information content (AvgIpc) is 2.33. The summed E-state index contributed by atoms with van der Waals surface area (Å²) < 4.78 is 13.3. The first-order valence-corrected chi connectivity index (χ1v) is 5.92. The van der Waals surface area contributed by atoms with Crippen LogP contribution in [0.3, 0.4) is 0 Å². The number of aromatic hydroxyl groups is 1. The zero-order valence-corrected chi connectivity index (χ0v) is 10.6. The summed E-state index contributed by atoms with van der Waals surface area (Å²) >= 11 is 5.99. The summed E-state index contributed by atoms with van der Waals surface area (Å²) in [6.07, 6.45) is 0. The molecule has 0 bridgehead atoms. The van der Waals surface area contributed by atoms with Gasteiger partial charge in [0.15, 0.2) is 0 Å². The molecule has 0 amide bonds. The van der Waals surface area contributed by atoms with Gasteiger partial charge < -0.3 is 10.4 Å². The quantitative estimate of drug-likeness (QED) is 0.875. The summed E-state index contributed by atoms with van der Waals surface area (Å²) in [7, 11) is 0. The Hall–Kier alpha value is -1.74. The Balaban J connectivity index is 2.19. The van der Waals surface area contributed by atoms with E-state index in [2.05, 4.69) is 5.32 Å². The van der Waals surface area contributed by atoms with Gasteiger partial charge in [0.05, 0.1) is 0 Å². The highest BCUT2D eigenvalue weighted by Gasteiger charge is 2.07. The van der Waals surface area contributed by atoms with Crippen LogP contribution in [0.15, 0.2) is 36.4 Å². The maximum atomic E-state index is 13.3. The first kappa shape index (κ1) is 12.7. The zero-order chi connectivity index (χ0) is 13.1. The molecule has 18 heavy (non-hydrogen) atoms. The summed E-state index contributed by atoms with van der Waals surface area (Å²) in [4.78, 5) is 0. The third-order valence-electron chi connectivity index (χ3n) is 2.82. The highest BCUT2D eigenvalue weighted by atomic mass is 35.5. The number of rotatable bonds is 3. The standard InChI is InChI=1S/C14H13ClFNO/c1-9-12(16)5-3-6-13(9)17-8-10-11(15)4-2-7-14(10)18/h2-7,17-18H,8H2,1H3. The Morgan fingerprint density at radius 1 is 1.22 bits per heavy atom. The Labute approximate surface area is 110 Å². The second-order valence-corrected chi connectivity index (χ2v) is 4.41. The molecule has 2 aromatic carbocycles. The summed E-state index contributed by atoms with van der Waals surface area (Å²) in [5.41, 5.74) is 1.83. The predicted octanol–water partition coefficient (Wildman–Crippen LogP) is 4.11. The Morgan fingerprint density at radius 2 is 1.94 bits per heavy atom. The van der Waals surface area contributed by atoms with Gasteiger partial charge in [0.25, 0.3) is 0 Å². The predicted molar refractivity (Wildman–Crippen MR) is 71.6 cm³/mol. The van der Waals surface area contributed by atoms with Crippen LogP contribution in [-0.4, -0.2) is 5.11 Å². The van der Waals surface area contributed by atoms with Crippen molar-refractivity contribution in [1.82, 2.24) is 0 Å². The van der Waals surface area contributed by atoms with Crippen LogP contribution < -0.4 is 5.32 Å². The Bertz CT molecular complexity index is 551. The molecule has 0 aromatic heterocycles. The fourth-order valence-corrected chi connectivity index (χ4v) is 1.94. The molecule has 2 N–H and O–H groups in total. The van der Waals surface area contributed by atoms with Crippen molar-refractivity contribution in [2.45, 2.75) is 13.5 Å². The van der Waals surface area contributed by atoms with Crippen LogP contribution in [0, 0.1) is 12.7 Å². The SMILES string of the molecule is Cc1c(F)cccc1NCc1c(O)cccc1Cl. The molecule has 0 unspecified atom stereocenters. The smallest absolute Gasteiger partial charge is 0.128 e. The van der Waals surface area contributed by atoms with Crippen molar-refractivity contribution in [3.05, 3.63) is 58.4 Å². The lowest BCUT2D eigenvalue weighted by Crippen LogP contribution is -2.02. The summed E-state index contributed by atoms with van der Waals surface area (Å²) in [5, 5.41) is 13.2. The molecule has 0 saturated heterocycles. The molecule has 0 heterocycles. The molecule has 0 saturated carbocycles. The van der Waals surface area contributed by atoms with E-state index >= 15 is 0 Å². The molecule has 94 valence electrons. The molecule has 0 fully saturated rings. The first-order chi connectivity index (χ1) is 8.59. The van der Waals surface area contributed by atoms with Gasteiger partial charge >= 0.3 is 0 Å². The average molecular weight is 266 g/mol. The molecule has 0 aliphatic heterocycles. The molecule has 0 radical (unpaired) electrons. The largest absolute Gasteiger partial charge is 0.508 e. The second-order valence-electron chi connectivity index (χ2n) is 4.00. The number of nitrogens with one attached hydrogen (secondary N) is 1. The minimum absolute atomic E-state index is 0.129. The Kier molecular flexibility index (Phi) is 3.72. The monoisotopic (exact) mass is 265 g/mol. The van der Waals surface area contributed by atoms with Crippen LogP contribution in [0.4, 0.5) is 10.1 Å². The van der Waals surface area contributed by atoms with E-state index in [4.69, 9.17) is 11.6 Å². The zero-order valence-electron chi connectivity index (χ0n) is 9.87. The van der Waals surface area contributed by atoms with Gasteiger partial charge in [-0.15, -0.1) is 0 Å². The third kappa shape index (κ3) is 2.57. The molecule has 0 atom stereocenters. The number of benzene rings is 2. The van der Waals surface area contributed by atoms with Crippen molar-refractivity contribution < 1.29 is 9.50 Å². The maximum Gasteiger partial charge on any atom is 0.128 e. The lowest BCUT2D eigenvalue weighted by Gasteiger charge is -2.12. The minimum Gasteiger partial charge on any atom is -0.508 e. The number of phenols is 1. The van der Waals surface area contributed by atoms with Crippen molar-refractivity contribution in [2.75, 3.05) is 5.32 Å². The summed E-state index contributed by atoms with van der Waals surface area (Å²) in [6, 6.07) is 9.78. The normalized spacial score (nSPS) is 10.4. The molecule has 0 spiro atoms. The molecule has 2 nitrogen and oxygen atoms in total. The van der Waals surface area contributed by atoms with Gasteiger partial charge in [0.2, 0.25) is 0 Å². The number of phenolic OH excluding ortho intramolecular Hbond substituents is 1. The van der Waals surface area contributed by atoms with E-state index in [1.165, 1.54) is 6.07 Å². The third-order valence-corrected chi connectivity index (χ3v) is 3.17. The van der Waals surface area contributed by atoms with Gasteiger partial charge in [0, 0.05) is 28.4 Å². The van der Waals surface area contributed by atoms with Gasteiger partial charge in [-0.25, -0.2) is 4.39 Å². The Morgan fingerprint density at radius 3 is 2.67 bits per heavy atom. The van der Waals surface area contributed by atoms with Gasteiger partial charge in [0.1, 0.15) is 11.6 Å². The van der Waals surface area contributed by atoms with Crippen LogP contribution in [0.2, 0.25) is 5.02 Å². The van der Waals surface area contributed by atoms with Crippen LogP contribution in [0.25, 0.3) is 0 Å². The van der Waals surface area contributed by atoms with E-state index < -0.39 is 0 Å². The van der Waals surface area contributed by atoms with Crippen molar-refractivity contribution in [2.24, 2.45) is 0 Å². The maximum absolute atomic E-state index is 13.3. The fraction of sp³-hybridized carbons (Fsp3) is 0.143. The van der Waals surface area contributed by atoms with Crippen molar-refractivity contribution >= 4 is 17.3 Å². The molecule has 0 aliphatic carbocycles. The number of hydrogen-bond acceptors (Lipinski definition) is 2. The summed E-state index contributed by atoms with van der Waals surface area (Å²) in [6.45, 7) is 2.04. The van der Waals surface area contributed by atoms with E-state index in [0.29, 0.717) is 28.4 Å². The molecule has 4 heteroatoms. The van der Waals surface area contributed by atoms with Crippen LogP contribution in [0.1, 0.15) is 11.1 Å². The van der Waals surface area contributed by atoms with Crippen molar-refractivity contribution in [3.8, 4) is 5.75 Å². The number of hydrogen-bond donors (Lipinski definition) is 2. The van der Waals surface area contributed by atoms with Gasteiger partial charge in [-0.3, -0.25) is 0 Å². The first-order valence-electron chi connectivity index (χ1n) is 5.55. The fourth-order valence-electron chi connectivity index (χ4n) is 1.70. The molecule has 2 rings (SSSR count). The van der Waals surface area contributed by atoms with Gasteiger partial charge in [-0.05, 0) is 31.2 Å². The van der Waals surface area contributed by atoms with Gasteiger partial charge in [-0.1, -0.05) is 23.7 Å². The van der Waals surface area contributed by atoms with E-state index in [1.807, 2.05) is 0 Å². The van der Waals surface area contributed by atoms with Crippen LogP contribution in [-0.2, 0) is 6.54 Å². The highest BCUT2D eigenvalue weighted by molar-refractivity contribution is 6.31. The van der Waals surface area contributed by atoms with E-state index in [0.717, 1.165) is 0 Å². The molecular weight excluding hydrogens is 253 g/mol.